The molecule has 2 heterocycles. The van der Waals surface area contributed by atoms with Crippen LogP contribution in [0.4, 0.5) is 0 Å². The number of thiophene rings is 1. The fourth-order valence-corrected chi connectivity index (χ4v) is 4.11. The summed E-state index contributed by atoms with van der Waals surface area (Å²) in [7, 11) is -3.44. The summed E-state index contributed by atoms with van der Waals surface area (Å²) in [5.41, 5.74) is 0.594. The van der Waals surface area contributed by atoms with Gasteiger partial charge in [-0.05, 0) is 17.9 Å². The van der Waals surface area contributed by atoms with E-state index in [1.54, 1.807) is 11.4 Å². The van der Waals surface area contributed by atoms with Gasteiger partial charge in [-0.25, -0.2) is 13.1 Å². The quantitative estimate of drug-likeness (QED) is 0.885. The van der Waals surface area contributed by atoms with E-state index in [9.17, 15) is 8.42 Å². The molecule has 17 heavy (non-hydrogen) atoms. The van der Waals surface area contributed by atoms with Gasteiger partial charge in [-0.2, -0.15) is 0 Å². The lowest BCUT2D eigenvalue weighted by atomic mass is 10.3. The number of rotatable bonds is 5. The minimum absolute atomic E-state index is 0.290. The molecule has 1 saturated heterocycles. The molecule has 1 aromatic heterocycles. The van der Waals surface area contributed by atoms with Gasteiger partial charge in [-0.3, -0.25) is 0 Å². The van der Waals surface area contributed by atoms with E-state index in [1.165, 1.54) is 11.3 Å². The van der Waals surface area contributed by atoms with Gasteiger partial charge < -0.3 is 9.47 Å². The summed E-state index contributed by atoms with van der Waals surface area (Å²) in [6, 6.07) is 1.74. The summed E-state index contributed by atoms with van der Waals surface area (Å²) >= 11 is 1.18. The molecule has 1 aliphatic heterocycles. The Labute approximate surface area is 105 Å². The highest BCUT2D eigenvalue weighted by Gasteiger charge is 2.28. The fraction of sp³-hybridized carbons (Fsp3) is 0.600. The Hall–Kier alpha value is -0.470. The van der Waals surface area contributed by atoms with E-state index in [4.69, 9.17) is 9.47 Å². The Morgan fingerprint density at radius 1 is 1.47 bits per heavy atom. The van der Waals surface area contributed by atoms with E-state index in [2.05, 4.69) is 4.72 Å². The van der Waals surface area contributed by atoms with Crippen LogP contribution in [0.25, 0.3) is 0 Å². The van der Waals surface area contributed by atoms with Crippen molar-refractivity contribution in [2.75, 3.05) is 19.8 Å². The van der Waals surface area contributed by atoms with Gasteiger partial charge in [0.2, 0.25) is 0 Å². The molecule has 1 aliphatic rings. The third-order valence-electron chi connectivity index (χ3n) is 2.32. The zero-order valence-corrected chi connectivity index (χ0v) is 11.1. The van der Waals surface area contributed by atoms with Crippen LogP contribution >= 0.6 is 11.3 Å². The maximum absolute atomic E-state index is 12.0. The summed E-state index contributed by atoms with van der Waals surface area (Å²) in [6.45, 7) is 3.36. The highest BCUT2D eigenvalue weighted by atomic mass is 32.2. The van der Waals surface area contributed by atoms with Gasteiger partial charge in [-0.1, -0.05) is 6.92 Å². The minimum atomic E-state index is -3.44. The molecule has 0 radical (unpaired) electrons. The highest BCUT2D eigenvalue weighted by molar-refractivity contribution is 7.91. The maximum atomic E-state index is 12.0. The molecule has 0 amide bonds. The van der Waals surface area contributed by atoms with E-state index in [0.717, 1.165) is 6.42 Å². The second-order valence-electron chi connectivity index (χ2n) is 3.63. The Bertz CT molecular complexity index is 462. The van der Waals surface area contributed by atoms with Crippen molar-refractivity contribution < 1.29 is 17.9 Å². The zero-order chi connectivity index (χ0) is 12.3. The fourth-order valence-electron chi connectivity index (χ4n) is 1.54. The van der Waals surface area contributed by atoms with Crippen LogP contribution < -0.4 is 4.72 Å². The first-order valence-corrected chi connectivity index (χ1v) is 7.81. The van der Waals surface area contributed by atoms with Crippen LogP contribution in [0.2, 0.25) is 0 Å². The number of sulfonamides is 1. The largest absolute Gasteiger partial charge is 0.346 e. The topological polar surface area (TPSA) is 64.6 Å². The number of hydrogen-bond donors (Lipinski definition) is 1. The van der Waals surface area contributed by atoms with Gasteiger partial charge in [0.25, 0.3) is 10.0 Å². The Morgan fingerprint density at radius 2 is 2.18 bits per heavy atom. The van der Waals surface area contributed by atoms with Gasteiger partial charge in [0, 0.05) is 12.1 Å². The van der Waals surface area contributed by atoms with Crippen LogP contribution in [0.3, 0.4) is 0 Å². The van der Waals surface area contributed by atoms with E-state index >= 15 is 0 Å². The Morgan fingerprint density at radius 3 is 2.82 bits per heavy atom. The summed E-state index contributed by atoms with van der Waals surface area (Å²) in [6.07, 6.45) is 0.213. The van der Waals surface area contributed by atoms with E-state index in [-0.39, 0.29) is 4.21 Å². The van der Waals surface area contributed by atoms with Crippen molar-refractivity contribution in [2.24, 2.45) is 0 Å². The van der Waals surface area contributed by atoms with Crippen molar-refractivity contribution in [3.8, 4) is 0 Å². The highest BCUT2D eigenvalue weighted by Crippen LogP contribution is 2.32. The predicted molar refractivity (Wildman–Crippen MR) is 64.4 cm³/mol. The van der Waals surface area contributed by atoms with Crippen molar-refractivity contribution in [1.29, 1.82) is 0 Å². The number of hydrogen-bond acceptors (Lipinski definition) is 5. The van der Waals surface area contributed by atoms with Crippen molar-refractivity contribution in [1.82, 2.24) is 4.72 Å². The monoisotopic (exact) mass is 277 g/mol. The average molecular weight is 277 g/mol. The molecule has 0 aromatic carbocycles. The molecule has 2 rings (SSSR count). The smallest absolute Gasteiger partial charge is 0.250 e. The van der Waals surface area contributed by atoms with Crippen molar-refractivity contribution in [3.05, 3.63) is 17.0 Å². The van der Waals surface area contributed by atoms with Crippen LogP contribution in [0, 0.1) is 0 Å². The van der Waals surface area contributed by atoms with Crippen LogP contribution in [-0.2, 0) is 19.5 Å². The summed E-state index contributed by atoms with van der Waals surface area (Å²) in [5.74, 6) is 0. The van der Waals surface area contributed by atoms with Gasteiger partial charge in [0.05, 0.1) is 13.2 Å². The van der Waals surface area contributed by atoms with Crippen LogP contribution in [0.15, 0.2) is 15.7 Å². The van der Waals surface area contributed by atoms with Crippen molar-refractivity contribution in [3.63, 3.8) is 0 Å². The van der Waals surface area contributed by atoms with Gasteiger partial charge in [0.1, 0.15) is 4.21 Å². The first-order chi connectivity index (χ1) is 8.15. The third kappa shape index (κ3) is 2.86. The van der Waals surface area contributed by atoms with Gasteiger partial charge in [0.15, 0.2) is 6.29 Å². The molecular formula is C10H15NO4S2. The standard InChI is InChI=1S/C10H15NO4S2/c1-2-4-11-17(12,13)10-8(3-7-16-10)9-14-5-6-15-9/h3,7,9,11H,2,4-6H2,1H3. The summed E-state index contributed by atoms with van der Waals surface area (Å²) in [5, 5.41) is 1.74. The first kappa shape index (κ1) is 13.0. The first-order valence-electron chi connectivity index (χ1n) is 5.45. The Balaban J connectivity index is 2.23. The minimum Gasteiger partial charge on any atom is -0.346 e. The number of nitrogens with one attached hydrogen (secondary N) is 1. The average Bonchev–Trinajstić information content (AvgIpc) is 2.95. The molecule has 7 heteroatoms. The molecule has 1 N–H and O–H groups in total. The predicted octanol–water partition coefficient (Wildman–Crippen LogP) is 1.48. The SMILES string of the molecule is CCCNS(=O)(=O)c1sccc1C1OCCO1. The lowest BCUT2D eigenvalue weighted by Crippen LogP contribution is -2.24. The molecule has 0 bridgehead atoms. The second kappa shape index (κ2) is 5.45. The molecule has 0 atom stereocenters. The number of ether oxygens (including phenoxy) is 2. The lowest BCUT2D eigenvalue weighted by molar-refractivity contribution is -0.0456. The molecule has 0 spiro atoms. The van der Waals surface area contributed by atoms with Crippen LogP contribution in [-0.4, -0.2) is 28.2 Å². The molecular weight excluding hydrogens is 262 g/mol. The lowest BCUT2D eigenvalue weighted by Gasteiger charge is -2.11. The second-order valence-corrected chi connectivity index (χ2v) is 6.51. The molecule has 1 aromatic rings. The van der Waals surface area contributed by atoms with Crippen LogP contribution in [0.5, 0.6) is 0 Å². The van der Waals surface area contributed by atoms with Crippen molar-refractivity contribution in [2.45, 2.75) is 23.8 Å². The molecule has 0 saturated carbocycles. The zero-order valence-electron chi connectivity index (χ0n) is 9.51. The molecule has 5 nitrogen and oxygen atoms in total. The normalized spacial score (nSPS) is 17.7. The summed E-state index contributed by atoms with van der Waals surface area (Å²) < 4.78 is 37.5. The summed E-state index contributed by atoms with van der Waals surface area (Å²) in [4.78, 5) is 0. The molecule has 0 unspecified atom stereocenters. The molecule has 96 valence electrons. The maximum Gasteiger partial charge on any atom is 0.250 e. The van der Waals surface area contributed by atoms with Crippen LogP contribution in [0.1, 0.15) is 25.2 Å². The van der Waals surface area contributed by atoms with E-state index in [1.807, 2.05) is 6.92 Å². The van der Waals surface area contributed by atoms with Gasteiger partial charge >= 0.3 is 0 Å². The van der Waals surface area contributed by atoms with Gasteiger partial charge in [-0.15, -0.1) is 11.3 Å². The molecule has 0 aliphatic carbocycles. The van der Waals surface area contributed by atoms with E-state index < -0.39 is 16.3 Å². The van der Waals surface area contributed by atoms with E-state index in [0.29, 0.717) is 25.3 Å². The third-order valence-corrected chi connectivity index (χ3v) is 5.30. The molecule has 1 fully saturated rings. The van der Waals surface area contributed by atoms with Crippen molar-refractivity contribution >= 4 is 21.4 Å². The Kier molecular flexibility index (Phi) is 4.16.